The second-order valence-electron chi connectivity index (χ2n) is 3.42. The average molecular weight is 229 g/mol. The van der Waals surface area contributed by atoms with Gasteiger partial charge in [0, 0.05) is 0 Å². The first-order chi connectivity index (χ1) is 6.95. The quantitative estimate of drug-likeness (QED) is 0.834. The maximum Gasteiger partial charge on any atom is 0.212 e. The lowest BCUT2D eigenvalue weighted by atomic mass is 10.1. The van der Waals surface area contributed by atoms with E-state index in [2.05, 4.69) is 0 Å². The number of benzene rings is 1. The lowest BCUT2D eigenvalue weighted by Gasteiger charge is -2.11. The summed E-state index contributed by atoms with van der Waals surface area (Å²) in [5.41, 5.74) is 0.849. The molecule has 0 aliphatic rings. The molecule has 1 aromatic rings. The summed E-state index contributed by atoms with van der Waals surface area (Å²) in [6.45, 7) is 1.59. The van der Waals surface area contributed by atoms with Gasteiger partial charge in [-0.2, -0.15) is 0 Å². The number of rotatable bonds is 4. The minimum atomic E-state index is -3.48. The van der Waals surface area contributed by atoms with Crippen LogP contribution in [0.4, 0.5) is 0 Å². The topological polar surface area (TPSA) is 69.4 Å². The minimum absolute atomic E-state index is 0.364. The van der Waals surface area contributed by atoms with Gasteiger partial charge in [-0.25, -0.2) is 13.6 Å². The molecule has 1 atom stereocenters. The Hall–Kier alpha value is -1.07. The zero-order valence-electron chi connectivity index (χ0n) is 8.80. The molecule has 0 aliphatic heterocycles. The summed E-state index contributed by atoms with van der Waals surface area (Å²) >= 11 is 0. The largest absolute Gasteiger partial charge is 0.496 e. The third-order valence-corrected chi connectivity index (χ3v) is 3.55. The summed E-state index contributed by atoms with van der Waals surface area (Å²) in [5.74, 6) is 0.688. The fourth-order valence-electron chi connectivity index (χ4n) is 1.30. The number of nitrogens with two attached hydrogens (primary N) is 1. The van der Waals surface area contributed by atoms with Crippen molar-refractivity contribution in [1.29, 1.82) is 0 Å². The molecule has 0 amide bonds. The molecule has 0 aromatic heterocycles. The zero-order chi connectivity index (χ0) is 11.5. The number of ether oxygens (including phenoxy) is 1. The Labute approximate surface area is 90.1 Å². The van der Waals surface area contributed by atoms with Crippen LogP contribution in [0.15, 0.2) is 24.3 Å². The molecular formula is C10H15NO3S. The molecule has 0 aliphatic carbocycles. The Morgan fingerprint density at radius 2 is 2.00 bits per heavy atom. The van der Waals surface area contributed by atoms with Crippen molar-refractivity contribution in [2.24, 2.45) is 5.14 Å². The fourth-order valence-corrected chi connectivity index (χ4v) is 1.71. The van der Waals surface area contributed by atoms with Crippen LogP contribution in [0.1, 0.15) is 12.5 Å². The SMILES string of the molecule is COc1ccccc1CC(C)S(N)(=O)=O. The van der Waals surface area contributed by atoms with Gasteiger partial charge < -0.3 is 4.74 Å². The van der Waals surface area contributed by atoms with Gasteiger partial charge in [0.25, 0.3) is 0 Å². The van der Waals surface area contributed by atoms with Crippen LogP contribution in [0, 0.1) is 0 Å². The summed E-state index contributed by atoms with van der Waals surface area (Å²) in [6.07, 6.45) is 0.364. The highest BCUT2D eigenvalue weighted by Gasteiger charge is 2.17. The van der Waals surface area contributed by atoms with Crippen molar-refractivity contribution in [2.45, 2.75) is 18.6 Å². The Balaban J connectivity index is 2.90. The molecular weight excluding hydrogens is 214 g/mol. The van der Waals surface area contributed by atoms with E-state index in [1.165, 1.54) is 0 Å². The normalized spacial score (nSPS) is 13.5. The van der Waals surface area contributed by atoms with E-state index in [-0.39, 0.29) is 0 Å². The van der Waals surface area contributed by atoms with E-state index in [4.69, 9.17) is 9.88 Å². The second-order valence-corrected chi connectivity index (χ2v) is 5.40. The van der Waals surface area contributed by atoms with Crippen LogP contribution in [0.2, 0.25) is 0 Å². The van der Waals surface area contributed by atoms with Crippen molar-refractivity contribution in [3.63, 3.8) is 0 Å². The molecule has 5 heteroatoms. The van der Waals surface area contributed by atoms with E-state index in [0.717, 1.165) is 5.56 Å². The van der Waals surface area contributed by atoms with E-state index in [1.807, 2.05) is 18.2 Å². The fraction of sp³-hybridized carbons (Fsp3) is 0.400. The monoisotopic (exact) mass is 229 g/mol. The molecule has 1 rings (SSSR count). The van der Waals surface area contributed by atoms with Gasteiger partial charge in [-0.15, -0.1) is 0 Å². The molecule has 0 spiro atoms. The summed E-state index contributed by atoms with van der Waals surface area (Å²) in [4.78, 5) is 0. The van der Waals surface area contributed by atoms with Crippen molar-refractivity contribution < 1.29 is 13.2 Å². The standard InChI is InChI=1S/C10H15NO3S/c1-8(15(11,12)13)7-9-5-3-4-6-10(9)14-2/h3-6,8H,7H2,1-2H3,(H2,11,12,13). The highest BCUT2D eigenvalue weighted by atomic mass is 32.2. The molecule has 1 aromatic carbocycles. The third-order valence-electron chi connectivity index (χ3n) is 2.26. The maximum atomic E-state index is 11.1. The van der Waals surface area contributed by atoms with E-state index in [1.54, 1.807) is 20.1 Å². The molecule has 0 heterocycles. The number of para-hydroxylation sites is 1. The first-order valence-electron chi connectivity index (χ1n) is 4.58. The van der Waals surface area contributed by atoms with Gasteiger partial charge >= 0.3 is 0 Å². The van der Waals surface area contributed by atoms with Crippen molar-refractivity contribution in [3.05, 3.63) is 29.8 Å². The Bertz CT molecular complexity index is 428. The number of methoxy groups -OCH3 is 1. The highest BCUT2D eigenvalue weighted by molar-refractivity contribution is 7.89. The molecule has 84 valence electrons. The predicted molar refractivity (Wildman–Crippen MR) is 59.3 cm³/mol. The Morgan fingerprint density at radius 3 is 2.53 bits per heavy atom. The maximum absolute atomic E-state index is 11.1. The molecule has 0 fully saturated rings. The van der Waals surface area contributed by atoms with Crippen molar-refractivity contribution in [2.75, 3.05) is 7.11 Å². The number of hydrogen-bond donors (Lipinski definition) is 1. The predicted octanol–water partition coefficient (Wildman–Crippen LogP) is 0.915. The first-order valence-corrected chi connectivity index (χ1v) is 6.19. The smallest absolute Gasteiger partial charge is 0.212 e. The zero-order valence-corrected chi connectivity index (χ0v) is 9.62. The average Bonchev–Trinajstić information content (AvgIpc) is 2.17. The third kappa shape index (κ3) is 3.21. The lowest BCUT2D eigenvalue weighted by molar-refractivity contribution is 0.409. The minimum Gasteiger partial charge on any atom is -0.496 e. The van der Waals surface area contributed by atoms with Crippen molar-refractivity contribution >= 4 is 10.0 Å². The van der Waals surface area contributed by atoms with Crippen LogP contribution < -0.4 is 9.88 Å². The van der Waals surface area contributed by atoms with Crippen LogP contribution in [-0.4, -0.2) is 20.8 Å². The first kappa shape index (κ1) is 12.0. The van der Waals surface area contributed by atoms with Gasteiger partial charge in [0.1, 0.15) is 5.75 Å². The van der Waals surface area contributed by atoms with Gasteiger partial charge in [0.15, 0.2) is 0 Å². The number of hydrogen-bond acceptors (Lipinski definition) is 3. The van der Waals surface area contributed by atoms with Gasteiger partial charge in [-0.1, -0.05) is 18.2 Å². The van der Waals surface area contributed by atoms with Crippen LogP contribution in [-0.2, 0) is 16.4 Å². The van der Waals surface area contributed by atoms with E-state index >= 15 is 0 Å². The molecule has 0 saturated heterocycles. The van der Waals surface area contributed by atoms with E-state index < -0.39 is 15.3 Å². The summed E-state index contributed by atoms with van der Waals surface area (Å²) in [6, 6.07) is 7.31. The van der Waals surface area contributed by atoms with E-state index in [0.29, 0.717) is 12.2 Å². The Morgan fingerprint density at radius 1 is 1.40 bits per heavy atom. The van der Waals surface area contributed by atoms with Crippen LogP contribution in [0.25, 0.3) is 0 Å². The Kier molecular flexibility index (Phi) is 3.71. The summed E-state index contributed by atoms with van der Waals surface area (Å²) < 4.78 is 27.3. The number of primary sulfonamides is 1. The molecule has 0 bridgehead atoms. The van der Waals surface area contributed by atoms with Gasteiger partial charge in [-0.05, 0) is 25.0 Å². The summed E-state index contributed by atoms with van der Waals surface area (Å²) in [7, 11) is -1.93. The van der Waals surface area contributed by atoms with E-state index in [9.17, 15) is 8.42 Å². The van der Waals surface area contributed by atoms with Gasteiger partial charge in [-0.3, -0.25) is 0 Å². The van der Waals surface area contributed by atoms with Crippen LogP contribution in [0.5, 0.6) is 5.75 Å². The number of sulfonamides is 1. The highest BCUT2D eigenvalue weighted by Crippen LogP contribution is 2.20. The van der Waals surface area contributed by atoms with Crippen molar-refractivity contribution in [1.82, 2.24) is 0 Å². The molecule has 4 nitrogen and oxygen atoms in total. The van der Waals surface area contributed by atoms with Crippen molar-refractivity contribution in [3.8, 4) is 5.75 Å². The van der Waals surface area contributed by atoms with Crippen LogP contribution in [0.3, 0.4) is 0 Å². The van der Waals surface area contributed by atoms with Gasteiger partial charge in [0.05, 0.1) is 12.4 Å². The molecule has 0 radical (unpaired) electrons. The lowest BCUT2D eigenvalue weighted by Crippen LogP contribution is -2.27. The summed E-state index contributed by atoms with van der Waals surface area (Å²) in [5, 5.41) is 4.45. The molecule has 1 unspecified atom stereocenters. The van der Waals surface area contributed by atoms with Crippen LogP contribution >= 0.6 is 0 Å². The van der Waals surface area contributed by atoms with Gasteiger partial charge in [0.2, 0.25) is 10.0 Å². The molecule has 15 heavy (non-hydrogen) atoms. The molecule has 0 saturated carbocycles. The molecule has 2 N–H and O–H groups in total. The second kappa shape index (κ2) is 4.63.